The van der Waals surface area contributed by atoms with Crippen molar-refractivity contribution >= 4 is 11.8 Å². The maximum atomic E-state index is 13.7. The molecule has 0 saturated carbocycles. The highest BCUT2D eigenvalue weighted by atomic mass is 16.5. The third-order valence-electron chi connectivity index (χ3n) is 5.95. The second kappa shape index (κ2) is 12.8. The fourth-order valence-corrected chi connectivity index (χ4v) is 3.80. The van der Waals surface area contributed by atoms with E-state index in [4.69, 9.17) is 9.47 Å². The zero-order valence-electron chi connectivity index (χ0n) is 20.6. The van der Waals surface area contributed by atoms with E-state index in [1.807, 2.05) is 30.3 Å². The van der Waals surface area contributed by atoms with E-state index in [-0.39, 0.29) is 30.5 Å². The van der Waals surface area contributed by atoms with Crippen molar-refractivity contribution in [3.05, 3.63) is 30.3 Å². The first-order valence-corrected chi connectivity index (χ1v) is 11.7. The molecular formula is C24H33N7O4. The Bertz CT molecular complexity index is 1030. The number of aromatic nitrogens is 4. The van der Waals surface area contributed by atoms with Gasteiger partial charge >= 0.3 is 6.01 Å². The van der Waals surface area contributed by atoms with E-state index in [0.717, 1.165) is 12.8 Å². The van der Waals surface area contributed by atoms with E-state index in [9.17, 15) is 9.59 Å². The van der Waals surface area contributed by atoms with Gasteiger partial charge in [0.1, 0.15) is 18.4 Å². The number of carbonyl (C=O) groups excluding carboxylic acids is 2. The first kappa shape index (κ1) is 26.1. The van der Waals surface area contributed by atoms with Crippen LogP contribution in [-0.2, 0) is 20.9 Å². The SMILES string of the molecule is CC#CCOC(C)[C@H](NC(=O)C(C)NC)C(=O)N1CCCC1Cn1nnnc1Oc1ccccc1. The number of para-hydroxylation sites is 1. The summed E-state index contributed by atoms with van der Waals surface area (Å²) < 4.78 is 13.1. The fraction of sp³-hybridized carbons (Fsp3) is 0.542. The normalized spacial score (nSPS) is 17.7. The average molecular weight is 484 g/mol. The molecule has 2 N–H and O–H groups in total. The number of nitrogens with one attached hydrogen (secondary N) is 2. The molecule has 1 aromatic heterocycles. The van der Waals surface area contributed by atoms with E-state index in [1.54, 1.807) is 37.4 Å². The van der Waals surface area contributed by atoms with Gasteiger partial charge in [0.25, 0.3) is 0 Å². The molecule has 3 unspecified atom stereocenters. The second-order valence-corrected chi connectivity index (χ2v) is 8.33. The summed E-state index contributed by atoms with van der Waals surface area (Å²) in [5, 5.41) is 17.5. The van der Waals surface area contributed by atoms with Gasteiger partial charge in [-0.3, -0.25) is 9.59 Å². The summed E-state index contributed by atoms with van der Waals surface area (Å²) in [5.74, 6) is 5.73. The monoisotopic (exact) mass is 483 g/mol. The molecule has 1 aromatic carbocycles. The van der Waals surface area contributed by atoms with Gasteiger partial charge in [-0.05, 0) is 63.2 Å². The molecule has 3 rings (SSSR count). The van der Waals surface area contributed by atoms with E-state index >= 15 is 0 Å². The minimum absolute atomic E-state index is 0.159. The summed E-state index contributed by atoms with van der Waals surface area (Å²) in [6.45, 7) is 6.32. The van der Waals surface area contributed by atoms with Crippen molar-refractivity contribution in [1.82, 2.24) is 35.7 Å². The highest BCUT2D eigenvalue weighted by molar-refractivity contribution is 5.90. The summed E-state index contributed by atoms with van der Waals surface area (Å²) >= 11 is 0. The number of amides is 2. The van der Waals surface area contributed by atoms with Crippen molar-refractivity contribution in [2.45, 2.75) is 64.4 Å². The molecule has 1 saturated heterocycles. The molecule has 4 atom stereocenters. The van der Waals surface area contributed by atoms with E-state index in [1.165, 1.54) is 0 Å². The zero-order chi connectivity index (χ0) is 25.2. The maximum absolute atomic E-state index is 13.7. The molecule has 11 nitrogen and oxygen atoms in total. The van der Waals surface area contributed by atoms with Gasteiger partial charge in [0.2, 0.25) is 11.8 Å². The van der Waals surface area contributed by atoms with Crippen LogP contribution < -0.4 is 15.4 Å². The van der Waals surface area contributed by atoms with Crippen molar-refractivity contribution in [1.29, 1.82) is 0 Å². The minimum Gasteiger partial charge on any atom is -0.423 e. The maximum Gasteiger partial charge on any atom is 0.341 e. The molecule has 2 amide bonds. The number of hydrogen-bond donors (Lipinski definition) is 2. The van der Waals surface area contributed by atoms with Crippen LogP contribution in [-0.4, -0.2) is 81.4 Å². The quantitative estimate of drug-likeness (QED) is 0.454. The van der Waals surface area contributed by atoms with Gasteiger partial charge in [-0.25, -0.2) is 0 Å². The third-order valence-corrected chi connectivity index (χ3v) is 5.95. The molecule has 0 spiro atoms. The van der Waals surface area contributed by atoms with Crippen molar-refractivity contribution < 1.29 is 19.1 Å². The number of ether oxygens (including phenoxy) is 2. The predicted molar refractivity (Wildman–Crippen MR) is 128 cm³/mol. The Kier molecular flexibility index (Phi) is 9.57. The molecule has 188 valence electrons. The predicted octanol–water partition coefficient (Wildman–Crippen LogP) is 0.978. The molecule has 1 fully saturated rings. The molecule has 11 heteroatoms. The molecular weight excluding hydrogens is 450 g/mol. The Morgan fingerprint density at radius 2 is 2.03 bits per heavy atom. The lowest BCUT2D eigenvalue weighted by Gasteiger charge is -2.32. The standard InChI is InChI=1S/C24H33N7O4/c1-5-6-15-34-18(3)21(26-22(32)17(2)25-4)23(33)30-14-10-11-19(30)16-31-24(27-28-29-31)35-20-12-8-7-9-13-20/h7-9,12-13,17-19,21,25H,10-11,14-16H2,1-4H3,(H,26,32)/t17?,18?,19?,21-/m0/s1. The lowest BCUT2D eigenvalue weighted by Crippen LogP contribution is -2.58. The number of tetrazole rings is 1. The Labute approximate surface area is 205 Å². The molecule has 2 heterocycles. The summed E-state index contributed by atoms with van der Waals surface area (Å²) in [5.41, 5.74) is 0. The molecule has 1 aliphatic rings. The van der Waals surface area contributed by atoms with E-state index < -0.39 is 18.2 Å². The molecule has 35 heavy (non-hydrogen) atoms. The number of nitrogens with zero attached hydrogens (tertiary/aromatic N) is 5. The van der Waals surface area contributed by atoms with Crippen LogP contribution in [0.4, 0.5) is 0 Å². The van der Waals surface area contributed by atoms with Crippen LogP contribution in [0.15, 0.2) is 30.3 Å². The molecule has 1 aliphatic heterocycles. The first-order chi connectivity index (χ1) is 16.9. The number of benzene rings is 1. The number of likely N-dealkylation sites (tertiary alicyclic amines) is 1. The van der Waals surface area contributed by atoms with Gasteiger partial charge in [0.15, 0.2) is 0 Å². The number of carbonyl (C=O) groups is 2. The smallest absolute Gasteiger partial charge is 0.341 e. The number of hydrogen-bond acceptors (Lipinski definition) is 8. The summed E-state index contributed by atoms with van der Waals surface area (Å²) in [6, 6.07) is 8.02. The Balaban J connectivity index is 1.74. The van der Waals surface area contributed by atoms with E-state index in [2.05, 4.69) is 38.0 Å². The van der Waals surface area contributed by atoms with Gasteiger partial charge in [0.05, 0.1) is 24.7 Å². The lowest BCUT2D eigenvalue weighted by molar-refractivity contribution is -0.141. The van der Waals surface area contributed by atoms with Crippen molar-refractivity contribution in [3.63, 3.8) is 0 Å². The highest BCUT2D eigenvalue weighted by Crippen LogP contribution is 2.24. The Hall–Kier alpha value is -3.49. The molecule has 0 aliphatic carbocycles. The van der Waals surface area contributed by atoms with Gasteiger partial charge in [-0.1, -0.05) is 29.2 Å². The topological polar surface area (TPSA) is 124 Å². The fourth-order valence-electron chi connectivity index (χ4n) is 3.80. The minimum atomic E-state index is -0.855. The van der Waals surface area contributed by atoms with Crippen LogP contribution in [0.25, 0.3) is 0 Å². The summed E-state index contributed by atoms with van der Waals surface area (Å²) in [6.07, 6.45) is 1.04. The second-order valence-electron chi connectivity index (χ2n) is 8.33. The Morgan fingerprint density at radius 1 is 1.26 bits per heavy atom. The van der Waals surface area contributed by atoms with Gasteiger partial charge in [-0.2, -0.15) is 4.68 Å². The van der Waals surface area contributed by atoms with Crippen LogP contribution in [0, 0.1) is 11.8 Å². The van der Waals surface area contributed by atoms with Crippen LogP contribution in [0.5, 0.6) is 11.8 Å². The number of likely N-dealkylation sites (N-methyl/N-ethyl adjacent to an activating group) is 1. The molecule has 2 aromatic rings. The van der Waals surface area contributed by atoms with Crippen molar-refractivity contribution in [2.24, 2.45) is 0 Å². The zero-order valence-corrected chi connectivity index (χ0v) is 20.6. The highest BCUT2D eigenvalue weighted by Gasteiger charge is 2.38. The number of rotatable bonds is 11. The van der Waals surface area contributed by atoms with Crippen LogP contribution in [0.1, 0.15) is 33.6 Å². The van der Waals surface area contributed by atoms with Gasteiger partial charge in [-0.15, -0.1) is 5.92 Å². The van der Waals surface area contributed by atoms with E-state index in [0.29, 0.717) is 18.8 Å². The average Bonchev–Trinajstić information content (AvgIpc) is 3.52. The van der Waals surface area contributed by atoms with Gasteiger partial charge < -0.3 is 25.0 Å². The lowest BCUT2D eigenvalue weighted by atomic mass is 10.1. The molecule has 0 radical (unpaired) electrons. The van der Waals surface area contributed by atoms with Crippen LogP contribution in [0.2, 0.25) is 0 Å². The van der Waals surface area contributed by atoms with Crippen molar-refractivity contribution in [3.8, 4) is 23.6 Å². The largest absolute Gasteiger partial charge is 0.423 e. The molecule has 0 bridgehead atoms. The van der Waals surface area contributed by atoms with Crippen LogP contribution in [0.3, 0.4) is 0 Å². The van der Waals surface area contributed by atoms with Crippen molar-refractivity contribution in [2.75, 3.05) is 20.2 Å². The summed E-state index contributed by atoms with van der Waals surface area (Å²) in [7, 11) is 1.69. The third kappa shape index (κ3) is 7.00. The van der Waals surface area contributed by atoms with Crippen LogP contribution >= 0.6 is 0 Å². The Morgan fingerprint density at radius 3 is 2.74 bits per heavy atom. The van der Waals surface area contributed by atoms with Gasteiger partial charge in [0, 0.05) is 6.54 Å². The first-order valence-electron chi connectivity index (χ1n) is 11.7. The summed E-state index contributed by atoms with van der Waals surface area (Å²) in [4.78, 5) is 28.1.